The van der Waals surface area contributed by atoms with Crippen LogP contribution in [0.4, 0.5) is 0 Å². The highest BCUT2D eigenvalue weighted by atomic mass is 16.5. The van der Waals surface area contributed by atoms with Crippen LogP contribution >= 0.6 is 0 Å². The minimum absolute atomic E-state index is 0.00306. The van der Waals surface area contributed by atoms with Crippen LogP contribution < -0.4 is 10.1 Å². The molecule has 4 heteroatoms. The number of benzene rings is 2. The molecule has 122 valence electrons. The molecule has 1 unspecified atom stereocenters. The molecule has 0 spiro atoms. The summed E-state index contributed by atoms with van der Waals surface area (Å²) in [6, 6.07) is 15.7. The van der Waals surface area contributed by atoms with Crippen LogP contribution in [0, 0.1) is 13.8 Å². The van der Waals surface area contributed by atoms with E-state index in [-0.39, 0.29) is 18.6 Å². The van der Waals surface area contributed by atoms with Crippen molar-refractivity contribution < 1.29 is 14.3 Å². The standard InChI is InChI=1S/C19H23NO3/c1-14-8-7-9-15(2)19(14)23-13-18(21)20-12-17(22-3)16-10-5-4-6-11-16/h4-11,17H,12-13H2,1-3H3,(H,20,21). The van der Waals surface area contributed by atoms with Crippen molar-refractivity contribution in [1.29, 1.82) is 0 Å². The van der Waals surface area contributed by atoms with Gasteiger partial charge in [-0.2, -0.15) is 0 Å². The molecule has 0 aliphatic rings. The second-order valence-electron chi connectivity index (χ2n) is 5.45. The van der Waals surface area contributed by atoms with Crippen molar-refractivity contribution in [1.82, 2.24) is 5.32 Å². The molecule has 0 heterocycles. The van der Waals surface area contributed by atoms with Gasteiger partial charge in [0.1, 0.15) is 5.75 Å². The zero-order chi connectivity index (χ0) is 16.7. The number of nitrogens with one attached hydrogen (secondary N) is 1. The number of hydrogen-bond donors (Lipinski definition) is 1. The van der Waals surface area contributed by atoms with Crippen molar-refractivity contribution in [3.63, 3.8) is 0 Å². The summed E-state index contributed by atoms with van der Waals surface area (Å²) < 4.78 is 11.1. The Kier molecular flexibility index (Phi) is 6.18. The predicted molar refractivity (Wildman–Crippen MR) is 90.6 cm³/mol. The summed E-state index contributed by atoms with van der Waals surface area (Å²) in [6.07, 6.45) is -0.166. The third kappa shape index (κ3) is 4.83. The molecule has 2 aromatic carbocycles. The summed E-state index contributed by atoms with van der Waals surface area (Å²) in [7, 11) is 1.64. The van der Waals surface area contributed by atoms with Gasteiger partial charge < -0.3 is 14.8 Å². The number of hydrogen-bond acceptors (Lipinski definition) is 3. The zero-order valence-corrected chi connectivity index (χ0v) is 13.8. The second kappa shape index (κ2) is 8.34. The molecule has 0 radical (unpaired) electrons. The van der Waals surface area contributed by atoms with Crippen molar-refractivity contribution in [3.8, 4) is 5.75 Å². The summed E-state index contributed by atoms with van der Waals surface area (Å²) >= 11 is 0. The fourth-order valence-electron chi connectivity index (χ4n) is 2.43. The summed E-state index contributed by atoms with van der Waals surface area (Å²) in [5.41, 5.74) is 3.08. The first kappa shape index (κ1) is 17.0. The minimum Gasteiger partial charge on any atom is -0.483 e. The number of para-hydroxylation sites is 1. The highest BCUT2D eigenvalue weighted by molar-refractivity contribution is 5.77. The Balaban J connectivity index is 1.85. The molecular weight excluding hydrogens is 290 g/mol. The molecule has 0 aliphatic heterocycles. The lowest BCUT2D eigenvalue weighted by Crippen LogP contribution is -2.33. The number of methoxy groups -OCH3 is 1. The molecule has 1 N–H and O–H groups in total. The van der Waals surface area contributed by atoms with Crippen molar-refractivity contribution in [2.45, 2.75) is 20.0 Å². The summed E-state index contributed by atoms with van der Waals surface area (Å²) in [5, 5.41) is 2.85. The molecule has 0 saturated carbocycles. The van der Waals surface area contributed by atoms with E-state index in [0.29, 0.717) is 6.54 Å². The summed E-state index contributed by atoms with van der Waals surface area (Å²) in [4.78, 5) is 12.0. The zero-order valence-electron chi connectivity index (χ0n) is 13.8. The van der Waals surface area contributed by atoms with Crippen molar-refractivity contribution in [2.75, 3.05) is 20.3 Å². The molecule has 23 heavy (non-hydrogen) atoms. The lowest BCUT2D eigenvalue weighted by molar-refractivity contribution is -0.123. The van der Waals surface area contributed by atoms with E-state index in [1.165, 1.54) is 0 Å². The van der Waals surface area contributed by atoms with Gasteiger partial charge in [0.15, 0.2) is 6.61 Å². The maximum Gasteiger partial charge on any atom is 0.258 e. The number of ether oxygens (including phenoxy) is 2. The van der Waals surface area contributed by atoms with Gasteiger partial charge in [-0.1, -0.05) is 48.5 Å². The van der Waals surface area contributed by atoms with Crippen LogP contribution in [-0.2, 0) is 9.53 Å². The van der Waals surface area contributed by atoms with Crippen molar-refractivity contribution in [3.05, 3.63) is 65.2 Å². The fraction of sp³-hybridized carbons (Fsp3) is 0.316. The molecular formula is C19H23NO3. The number of carbonyl (C=O) groups excluding carboxylic acids is 1. The van der Waals surface area contributed by atoms with Crippen LogP contribution in [0.5, 0.6) is 5.75 Å². The van der Waals surface area contributed by atoms with E-state index in [2.05, 4.69) is 5.32 Å². The first-order chi connectivity index (χ1) is 11.1. The monoisotopic (exact) mass is 313 g/mol. The molecule has 0 bridgehead atoms. The number of amides is 1. The summed E-state index contributed by atoms with van der Waals surface area (Å²) in [6.45, 7) is 4.35. The SMILES string of the molecule is COC(CNC(=O)COc1c(C)cccc1C)c1ccccc1. The smallest absolute Gasteiger partial charge is 0.258 e. The predicted octanol–water partition coefficient (Wildman–Crippen LogP) is 3.19. The Hall–Kier alpha value is -2.33. The second-order valence-corrected chi connectivity index (χ2v) is 5.45. The number of aryl methyl sites for hydroxylation is 2. The van der Waals surface area contributed by atoms with Crippen LogP contribution in [-0.4, -0.2) is 26.2 Å². The molecule has 1 atom stereocenters. The lowest BCUT2D eigenvalue weighted by atomic mass is 10.1. The lowest BCUT2D eigenvalue weighted by Gasteiger charge is -2.17. The third-order valence-corrected chi connectivity index (χ3v) is 3.70. The van der Waals surface area contributed by atoms with E-state index in [9.17, 15) is 4.79 Å². The first-order valence-corrected chi connectivity index (χ1v) is 7.65. The molecule has 0 saturated heterocycles. The van der Waals surface area contributed by atoms with E-state index >= 15 is 0 Å². The maximum atomic E-state index is 12.0. The van der Waals surface area contributed by atoms with Crippen LogP contribution in [0.1, 0.15) is 22.8 Å². The number of carbonyl (C=O) groups is 1. The van der Waals surface area contributed by atoms with Crippen LogP contribution in [0.25, 0.3) is 0 Å². The van der Waals surface area contributed by atoms with Gasteiger partial charge in [0.25, 0.3) is 5.91 Å². The molecule has 0 fully saturated rings. The molecule has 1 amide bonds. The van der Waals surface area contributed by atoms with Gasteiger partial charge in [-0.3, -0.25) is 4.79 Å². The van der Waals surface area contributed by atoms with Crippen molar-refractivity contribution >= 4 is 5.91 Å². The van der Waals surface area contributed by atoms with Crippen LogP contribution in [0.3, 0.4) is 0 Å². The Morgan fingerprint density at radius 3 is 2.30 bits per heavy atom. The van der Waals surface area contributed by atoms with E-state index in [1.54, 1.807) is 7.11 Å². The topological polar surface area (TPSA) is 47.6 Å². The van der Waals surface area contributed by atoms with Gasteiger partial charge in [-0.05, 0) is 30.5 Å². The minimum atomic E-state index is -0.166. The van der Waals surface area contributed by atoms with E-state index < -0.39 is 0 Å². The highest BCUT2D eigenvalue weighted by Crippen LogP contribution is 2.22. The van der Waals surface area contributed by atoms with E-state index in [4.69, 9.17) is 9.47 Å². The van der Waals surface area contributed by atoms with Crippen LogP contribution in [0.2, 0.25) is 0 Å². The molecule has 2 rings (SSSR count). The Labute approximate surface area is 137 Å². The van der Waals surface area contributed by atoms with Gasteiger partial charge in [-0.25, -0.2) is 0 Å². The molecule has 2 aromatic rings. The van der Waals surface area contributed by atoms with E-state index in [0.717, 1.165) is 22.4 Å². The van der Waals surface area contributed by atoms with Gasteiger partial charge in [0.05, 0.1) is 6.10 Å². The fourth-order valence-corrected chi connectivity index (χ4v) is 2.43. The Morgan fingerprint density at radius 1 is 1.04 bits per heavy atom. The first-order valence-electron chi connectivity index (χ1n) is 7.65. The third-order valence-electron chi connectivity index (χ3n) is 3.70. The molecule has 4 nitrogen and oxygen atoms in total. The largest absolute Gasteiger partial charge is 0.483 e. The average Bonchev–Trinajstić information content (AvgIpc) is 2.56. The normalized spacial score (nSPS) is 11.8. The van der Waals surface area contributed by atoms with Gasteiger partial charge in [0, 0.05) is 13.7 Å². The quantitative estimate of drug-likeness (QED) is 0.854. The van der Waals surface area contributed by atoms with E-state index in [1.807, 2.05) is 62.4 Å². The highest BCUT2D eigenvalue weighted by Gasteiger charge is 2.12. The average molecular weight is 313 g/mol. The maximum absolute atomic E-state index is 12.0. The van der Waals surface area contributed by atoms with Gasteiger partial charge in [-0.15, -0.1) is 0 Å². The van der Waals surface area contributed by atoms with Crippen LogP contribution in [0.15, 0.2) is 48.5 Å². The number of rotatable bonds is 7. The van der Waals surface area contributed by atoms with Crippen molar-refractivity contribution in [2.24, 2.45) is 0 Å². The van der Waals surface area contributed by atoms with Gasteiger partial charge >= 0.3 is 0 Å². The molecule has 0 aliphatic carbocycles. The summed E-state index contributed by atoms with van der Waals surface area (Å²) in [5.74, 6) is 0.611. The van der Waals surface area contributed by atoms with Gasteiger partial charge in [0.2, 0.25) is 0 Å². The Morgan fingerprint density at radius 2 is 1.70 bits per heavy atom. The molecule has 0 aromatic heterocycles. The Bertz CT molecular complexity index is 620.